The number of nitrogens with zero attached hydrogens (tertiary/aromatic N) is 1. The smallest absolute Gasteiger partial charge is 0.0589 e. The second-order valence-electron chi connectivity index (χ2n) is 2.48. The molecule has 1 N–H and O–H groups in total. The van der Waals surface area contributed by atoms with Crippen LogP contribution in [0.1, 0.15) is 6.42 Å². The third-order valence-electron chi connectivity index (χ3n) is 1.80. The standard InChI is InChI=1S/C7H13NO/c1-8-5-3-2-4-7(8)6-9/h2-3,7,9H,4-6H2,1H3. The van der Waals surface area contributed by atoms with Crippen LogP contribution < -0.4 is 0 Å². The lowest BCUT2D eigenvalue weighted by molar-refractivity contribution is 0.153. The van der Waals surface area contributed by atoms with Gasteiger partial charge in [-0.05, 0) is 13.5 Å². The number of rotatable bonds is 1. The highest BCUT2D eigenvalue weighted by Gasteiger charge is 2.12. The number of aliphatic hydroxyl groups excluding tert-OH is 1. The van der Waals surface area contributed by atoms with E-state index in [0.717, 1.165) is 13.0 Å². The Hall–Kier alpha value is -0.340. The molecule has 1 heterocycles. The van der Waals surface area contributed by atoms with Gasteiger partial charge in [0.05, 0.1) is 6.61 Å². The Morgan fingerprint density at radius 3 is 2.89 bits per heavy atom. The molecule has 0 radical (unpaired) electrons. The third kappa shape index (κ3) is 1.53. The zero-order valence-electron chi connectivity index (χ0n) is 5.75. The minimum Gasteiger partial charge on any atom is -0.395 e. The summed E-state index contributed by atoms with van der Waals surface area (Å²) in [6, 6.07) is 0.356. The topological polar surface area (TPSA) is 23.5 Å². The lowest BCUT2D eigenvalue weighted by Crippen LogP contribution is -2.36. The SMILES string of the molecule is CN1CC=CCC1CO. The molecule has 1 atom stereocenters. The Morgan fingerprint density at radius 2 is 2.44 bits per heavy atom. The van der Waals surface area contributed by atoms with Crippen molar-refractivity contribution in [1.82, 2.24) is 4.90 Å². The first kappa shape index (κ1) is 6.78. The van der Waals surface area contributed by atoms with Crippen LogP contribution in [-0.4, -0.2) is 36.2 Å². The summed E-state index contributed by atoms with van der Waals surface area (Å²) in [5.41, 5.74) is 0. The average molecular weight is 127 g/mol. The number of aliphatic hydroxyl groups is 1. The number of hydrogen-bond donors (Lipinski definition) is 1. The molecule has 0 amide bonds. The lowest BCUT2D eigenvalue weighted by Gasteiger charge is -2.26. The highest BCUT2D eigenvalue weighted by Crippen LogP contribution is 2.06. The van der Waals surface area contributed by atoms with Crippen LogP contribution in [0.25, 0.3) is 0 Å². The molecule has 2 nitrogen and oxygen atoms in total. The largest absolute Gasteiger partial charge is 0.395 e. The Morgan fingerprint density at radius 1 is 1.67 bits per heavy atom. The van der Waals surface area contributed by atoms with Gasteiger partial charge in [-0.1, -0.05) is 12.2 Å². The van der Waals surface area contributed by atoms with Crippen molar-refractivity contribution in [2.75, 3.05) is 20.2 Å². The monoisotopic (exact) mass is 127 g/mol. The summed E-state index contributed by atoms with van der Waals surface area (Å²) >= 11 is 0. The fourth-order valence-corrected chi connectivity index (χ4v) is 1.04. The van der Waals surface area contributed by atoms with Gasteiger partial charge in [0, 0.05) is 12.6 Å². The van der Waals surface area contributed by atoms with Crippen LogP contribution in [0.3, 0.4) is 0 Å². The fraction of sp³-hybridized carbons (Fsp3) is 0.714. The molecule has 2 heteroatoms. The van der Waals surface area contributed by atoms with Crippen LogP contribution in [0.4, 0.5) is 0 Å². The molecule has 0 saturated carbocycles. The maximum atomic E-state index is 8.79. The van der Waals surface area contributed by atoms with E-state index in [2.05, 4.69) is 17.1 Å². The minimum atomic E-state index is 0.279. The van der Waals surface area contributed by atoms with Crippen molar-refractivity contribution in [1.29, 1.82) is 0 Å². The van der Waals surface area contributed by atoms with Gasteiger partial charge in [0.15, 0.2) is 0 Å². The molecule has 1 aliphatic rings. The molecule has 0 bridgehead atoms. The number of hydrogen-bond acceptors (Lipinski definition) is 2. The highest BCUT2D eigenvalue weighted by molar-refractivity contribution is 4.94. The molecule has 1 rings (SSSR count). The molecule has 9 heavy (non-hydrogen) atoms. The molecule has 0 aromatic carbocycles. The van der Waals surface area contributed by atoms with E-state index >= 15 is 0 Å². The van der Waals surface area contributed by atoms with E-state index in [0.29, 0.717) is 6.04 Å². The van der Waals surface area contributed by atoms with Crippen molar-refractivity contribution in [3.63, 3.8) is 0 Å². The fourth-order valence-electron chi connectivity index (χ4n) is 1.04. The Balaban J connectivity index is 2.43. The van der Waals surface area contributed by atoms with Gasteiger partial charge >= 0.3 is 0 Å². The first-order valence-electron chi connectivity index (χ1n) is 3.30. The zero-order chi connectivity index (χ0) is 6.69. The van der Waals surface area contributed by atoms with Crippen LogP contribution in [0.15, 0.2) is 12.2 Å². The summed E-state index contributed by atoms with van der Waals surface area (Å²) in [6.45, 7) is 1.26. The molecule has 1 aliphatic heterocycles. The minimum absolute atomic E-state index is 0.279. The third-order valence-corrected chi connectivity index (χ3v) is 1.80. The lowest BCUT2D eigenvalue weighted by atomic mass is 10.1. The van der Waals surface area contributed by atoms with Crippen molar-refractivity contribution in [3.05, 3.63) is 12.2 Å². The Labute approximate surface area is 55.8 Å². The second kappa shape index (κ2) is 2.99. The predicted molar refractivity (Wildman–Crippen MR) is 37.3 cm³/mol. The average Bonchev–Trinajstić information content (AvgIpc) is 1.89. The van der Waals surface area contributed by atoms with Gasteiger partial charge < -0.3 is 5.11 Å². The van der Waals surface area contributed by atoms with Gasteiger partial charge in [-0.3, -0.25) is 4.90 Å². The maximum absolute atomic E-state index is 8.79. The van der Waals surface area contributed by atoms with Gasteiger partial charge in [0.1, 0.15) is 0 Å². The second-order valence-corrected chi connectivity index (χ2v) is 2.48. The molecular formula is C7H13NO. The van der Waals surface area contributed by atoms with Crippen LogP contribution >= 0.6 is 0 Å². The van der Waals surface area contributed by atoms with E-state index in [4.69, 9.17) is 5.11 Å². The van der Waals surface area contributed by atoms with Crippen molar-refractivity contribution in [2.24, 2.45) is 0 Å². The highest BCUT2D eigenvalue weighted by atomic mass is 16.3. The molecular weight excluding hydrogens is 114 g/mol. The summed E-state index contributed by atoms with van der Waals surface area (Å²) in [7, 11) is 2.03. The normalized spacial score (nSPS) is 28.9. The van der Waals surface area contributed by atoms with Crippen LogP contribution in [0, 0.1) is 0 Å². The van der Waals surface area contributed by atoms with Crippen LogP contribution in [0.2, 0.25) is 0 Å². The first-order chi connectivity index (χ1) is 4.34. The van der Waals surface area contributed by atoms with Crippen molar-refractivity contribution in [2.45, 2.75) is 12.5 Å². The van der Waals surface area contributed by atoms with E-state index in [1.807, 2.05) is 7.05 Å². The van der Waals surface area contributed by atoms with E-state index in [1.165, 1.54) is 0 Å². The molecule has 0 aliphatic carbocycles. The van der Waals surface area contributed by atoms with E-state index < -0.39 is 0 Å². The molecule has 52 valence electrons. The summed E-state index contributed by atoms with van der Waals surface area (Å²) in [4.78, 5) is 2.15. The van der Waals surface area contributed by atoms with Gasteiger partial charge in [0.25, 0.3) is 0 Å². The van der Waals surface area contributed by atoms with Crippen LogP contribution in [0.5, 0.6) is 0 Å². The maximum Gasteiger partial charge on any atom is 0.0589 e. The number of likely N-dealkylation sites (N-methyl/N-ethyl adjacent to an activating group) is 1. The van der Waals surface area contributed by atoms with Crippen molar-refractivity contribution < 1.29 is 5.11 Å². The molecule has 0 saturated heterocycles. The predicted octanol–water partition coefficient (Wildman–Crippen LogP) is 0.239. The van der Waals surface area contributed by atoms with Gasteiger partial charge in [0.2, 0.25) is 0 Å². The van der Waals surface area contributed by atoms with Gasteiger partial charge in [-0.2, -0.15) is 0 Å². The first-order valence-corrected chi connectivity index (χ1v) is 3.30. The Bertz CT molecular complexity index is 111. The van der Waals surface area contributed by atoms with Crippen LogP contribution in [-0.2, 0) is 0 Å². The summed E-state index contributed by atoms with van der Waals surface area (Å²) in [5.74, 6) is 0. The van der Waals surface area contributed by atoms with Crippen molar-refractivity contribution in [3.8, 4) is 0 Å². The molecule has 0 fully saturated rings. The summed E-state index contributed by atoms with van der Waals surface area (Å²) in [6.07, 6.45) is 5.25. The molecule has 1 unspecified atom stereocenters. The molecule has 0 spiro atoms. The van der Waals surface area contributed by atoms with Crippen molar-refractivity contribution >= 4 is 0 Å². The summed E-state index contributed by atoms with van der Waals surface area (Å²) < 4.78 is 0. The van der Waals surface area contributed by atoms with E-state index in [1.54, 1.807) is 0 Å². The van der Waals surface area contributed by atoms with E-state index in [9.17, 15) is 0 Å². The van der Waals surface area contributed by atoms with Gasteiger partial charge in [-0.25, -0.2) is 0 Å². The quantitative estimate of drug-likeness (QED) is 0.510. The molecule has 0 aromatic heterocycles. The van der Waals surface area contributed by atoms with Gasteiger partial charge in [-0.15, -0.1) is 0 Å². The summed E-state index contributed by atoms with van der Waals surface area (Å²) in [5, 5.41) is 8.79. The van der Waals surface area contributed by atoms with E-state index in [-0.39, 0.29) is 6.61 Å². The Kier molecular flexibility index (Phi) is 2.25. The molecule has 0 aromatic rings. The zero-order valence-corrected chi connectivity index (χ0v) is 5.75.